The molecule has 1 aromatic heterocycles. The van der Waals surface area contributed by atoms with Gasteiger partial charge in [-0.3, -0.25) is 4.79 Å². The molecule has 0 N–H and O–H groups in total. The molecule has 1 heterocycles. The number of nitriles is 1. The minimum Gasteiger partial charge on any atom is -0.288 e. The average Bonchev–Trinajstić information content (AvgIpc) is 2.90. The predicted octanol–water partition coefficient (Wildman–Crippen LogP) is 4.80. The van der Waals surface area contributed by atoms with Crippen LogP contribution in [0.2, 0.25) is 0 Å². The molecule has 0 amide bonds. The third-order valence-corrected chi connectivity index (χ3v) is 4.12. The molecular formula is C18H17NOS. The Morgan fingerprint density at radius 1 is 1.24 bits per heavy atom. The number of Topliss-reactive ketones (excluding diaryl/α,β-unsaturated/α-hetero) is 1. The van der Waals surface area contributed by atoms with E-state index in [2.05, 4.69) is 6.92 Å². The van der Waals surface area contributed by atoms with Gasteiger partial charge in [-0.25, -0.2) is 0 Å². The van der Waals surface area contributed by atoms with E-state index in [-0.39, 0.29) is 11.4 Å². The summed E-state index contributed by atoms with van der Waals surface area (Å²) in [6, 6.07) is 13.4. The van der Waals surface area contributed by atoms with Crippen LogP contribution in [0.3, 0.4) is 0 Å². The quantitative estimate of drug-likeness (QED) is 0.451. The van der Waals surface area contributed by atoms with Crippen LogP contribution in [0, 0.1) is 18.3 Å². The van der Waals surface area contributed by atoms with Gasteiger partial charge >= 0.3 is 0 Å². The Hall–Kier alpha value is -2.18. The van der Waals surface area contributed by atoms with Gasteiger partial charge in [-0.2, -0.15) is 5.26 Å². The van der Waals surface area contributed by atoms with Crippen LogP contribution in [0.5, 0.6) is 0 Å². The summed E-state index contributed by atoms with van der Waals surface area (Å²) in [6.07, 6.45) is 3.75. The number of hydrogen-bond acceptors (Lipinski definition) is 3. The van der Waals surface area contributed by atoms with Gasteiger partial charge < -0.3 is 0 Å². The van der Waals surface area contributed by atoms with Gasteiger partial charge in [0.25, 0.3) is 0 Å². The zero-order valence-electron chi connectivity index (χ0n) is 12.2. The number of ketones is 1. The molecule has 2 rings (SSSR count). The standard InChI is InChI=1S/C18H17NOS/c1-3-4-14-6-8-15(9-7-14)18(20)16(12-19)11-17-10-5-13(2)21-17/h5-11H,3-4H2,1-2H3/b16-11+. The van der Waals surface area contributed by atoms with E-state index >= 15 is 0 Å². The Morgan fingerprint density at radius 3 is 2.48 bits per heavy atom. The first-order valence-electron chi connectivity index (χ1n) is 6.96. The molecule has 0 saturated carbocycles. The van der Waals surface area contributed by atoms with E-state index in [1.807, 2.05) is 37.3 Å². The molecule has 106 valence electrons. The van der Waals surface area contributed by atoms with Crippen molar-refractivity contribution in [1.82, 2.24) is 0 Å². The van der Waals surface area contributed by atoms with Gasteiger partial charge in [0.1, 0.15) is 11.6 Å². The average molecular weight is 295 g/mol. The summed E-state index contributed by atoms with van der Waals surface area (Å²) in [5.74, 6) is -0.216. The first-order valence-corrected chi connectivity index (χ1v) is 7.77. The largest absolute Gasteiger partial charge is 0.288 e. The summed E-state index contributed by atoms with van der Waals surface area (Å²) in [4.78, 5) is 14.5. The van der Waals surface area contributed by atoms with E-state index in [4.69, 9.17) is 0 Å². The number of hydrogen-bond donors (Lipinski definition) is 0. The summed E-state index contributed by atoms with van der Waals surface area (Å²) in [5, 5.41) is 9.23. The molecule has 2 aromatic rings. The van der Waals surface area contributed by atoms with Gasteiger partial charge in [0.2, 0.25) is 5.78 Å². The third-order valence-electron chi connectivity index (χ3n) is 3.17. The molecule has 0 radical (unpaired) electrons. The fourth-order valence-corrected chi connectivity index (χ4v) is 2.91. The minimum absolute atomic E-state index is 0.181. The molecule has 0 aliphatic heterocycles. The molecule has 3 heteroatoms. The van der Waals surface area contributed by atoms with Crippen molar-refractivity contribution in [3.05, 3.63) is 62.9 Å². The molecule has 0 fully saturated rings. The lowest BCUT2D eigenvalue weighted by Crippen LogP contribution is -2.01. The van der Waals surface area contributed by atoms with Crippen LogP contribution in [0.25, 0.3) is 6.08 Å². The second-order valence-corrected chi connectivity index (χ2v) is 6.21. The molecule has 0 spiro atoms. The van der Waals surface area contributed by atoms with Gasteiger partial charge in [-0.1, -0.05) is 37.6 Å². The van der Waals surface area contributed by atoms with Crippen molar-refractivity contribution < 1.29 is 4.79 Å². The van der Waals surface area contributed by atoms with Crippen LogP contribution in [0.15, 0.2) is 42.0 Å². The number of benzene rings is 1. The van der Waals surface area contributed by atoms with Crippen LogP contribution in [0.4, 0.5) is 0 Å². The number of rotatable bonds is 5. The third kappa shape index (κ3) is 3.90. The van der Waals surface area contributed by atoms with Crippen LogP contribution in [-0.4, -0.2) is 5.78 Å². The maximum absolute atomic E-state index is 12.4. The zero-order valence-corrected chi connectivity index (χ0v) is 13.0. The maximum Gasteiger partial charge on any atom is 0.203 e. The van der Waals surface area contributed by atoms with E-state index < -0.39 is 0 Å². The van der Waals surface area contributed by atoms with E-state index in [0.717, 1.165) is 22.6 Å². The Kier molecular flexibility index (Phi) is 5.08. The topological polar surface area (TPSA) is 40.9 Å². The highest BCUT2D eigenvalue weighted by molar-refractivity contribution is 7.12. The van der Waals surface area contributed by atoms with Gasteiger partial charge in [-0.15, -0.1) is 11.3 Å². The Labute approximate surface area is 129 Å². The Morgan fingerprint density at radius 2 is 1.95 bits per heavy atom. The molecule has 0 aliphatic carbocycles. The first kappa shape index (κ1) is 15.2. The van der Waals surface area contributed by atoms with Crippen LogP contribution < -0.4 is 0 Å². The van der Waals surface area contributed by atoms with Crippen molar-refractivity contribution in [3.63, 3.8) is 0 Å². The number of carbonyl (C=O) groups is 1. The number of aryl methyl sites for hydroxylation is 2. The Balaban J connectivity index is 2.24. The lowest BCUT2D eigenvalue weighted by atomic mass is 10.0. The number of carbonyl (C=O) groups excluding carboxylic acids is 1. The van der Waals surface area contributed by atoms with Crippen molar-refractivity contribution >= 4 is 23.2 Å². The van der Waals surface area contributed by atoms with Crippen molar-refractivity contribution in [2.45, 2.75) is 26.7 Å². The van der Waals surface area contributed by atoms with E-state index in [9.17, 15) is 10.1 Å². The SMILES string of the molecule is CCCc1ccc(C(=O)/C(C#N)=C/c2ccc(C)s2)cc1. The summed E-state index contributed by atoms with van der Waals surface area (Å²) >= 11 is 1.57. The fourth-order valence-electron chi connectivity index (χ4n) is 2.09. The predicted molar refractivity (Wildman–Crippen MR) is 87.4 cm³/mol. The van der Waals surface area contributed by atoms with Crippen molar-refractivity contribution in [2.75, 3.05) is 0 Å². The molecule has 2 nitrogen and oxygen atoms in total. The molecule has 0 bridgehead atoms. The number of allylic oxidation sites excluding steroid dienone is 1. The first-order chi connectivity index (χ1) is 10.1. The molecule has 0 saturated heterocycles. The van der Waals surface area contributed by atoms with Crippen molar-refractivity contribution in [2.24, 2.45) is 0 Å². The normalized spacial score (nSPS) is 11.2. The highest BCUT2D eigenvalue weighted by Gasteiger charge is 2.12. The maximum atomic E-state index is 12.4. The fraction of sp³-hybridized carbons (Fsp3) is 0.222. The van der Waals surface area contributed by atoms with E-state index in [1.165, 1.54) is 5.56 Å². The lowest BCUT2D eigenvalue weighted by Gasteiger charge is -2.02. The van der Waals surface area contributed by atoms with E-state index in [0.29, 0.717) is 5.56 Å². The second-order valence-electron chi connectivity index (χ2n) is 4.89. The van der Waals surface area contributed by atoms with Crippen molar-refractivity contribution in [3.8, 4) is 6.07 Å². The summed E-state index contributed by atoms with van der Waals surface area (Å²) in [6.45, 7) is 4.13. The highest BCUT2D eigenvalue weighted by Crippen LogP contribution is 2.20. The van der Waals surface area contributed by atoms with Crippen molar-refractivity contribution in [1.29, 1.82) is 5.26 Å². The summed E-state index contributed by atoms with van der Waals surface area (Å²) in [5.41, 5.74) is 1.96. The zero-order chi connectivity index (χ0) is 15.2. The van der Waals surface area contributed by atoms with Gasteiger partial charge in [0, 0.05) is 15.3 Å². The lowest BCUT2D eigenvalue weighted by molar-refractivity contribution is 0.104. The molecule has 1 aromatic carbocycles. The molecule has 21 heavy (non-hydrogen) atoms. The second kappa shape index (κ2) is 7.01. The van der Waals surface area contributed by atoms with Gasteiger partial charge in [0.05, 0.1) is 0 Å². The Bertz CT molecular complexity index is 702. The number of thiophene rings is 1. The highest BCUT2D eigenvalue weighted by atomic mass is 32.1. The van der Waals surface area contributed by atoms with Crippen LogP contribution in [-0.2, 0) is 6.42 Å². The van der Waals surface area contributed by atoms with E-state index in [1.54, 1.807) is 29.5 Å². The summed E-state index contributed by atoms with van der Waals surface area (Å²) < 4.78 is 0. The van der Waals surface area contributed by atoms with Gasteiger partial charge in [0.15, 0.2) is 0 Å². The molecule has 0 unspecified atom stereocenters. The smallest absolute Gasteiger partial charge is 0.203 e. The van der Waals surface area contributed by atoms with Crippen LogP contribution in [0.1, 0.15) is 39.0 Å². The summed E-state index contributed by atoms with van der Waals surface area (Å²) in [7, 11) is 0. The van der Waals surface area contributed by atoms with Gasteiger partial charge in [-0.05, 0) is 37.1 Å². The molecule has 0 atom stereocenters. The molecular weight excluding hydrogens is 278 g/mol. The van der Waals surface area contributed by atoms with Crippen LogP contribution >= 0.6 is 11.3 Å². The number of nitrogens with zero attached hydrogens (tertiary/aromatic N) is 1. The monoisotopic (exact) mass is 295 g/mol. The molecule has 0 aliphatic rings. The minimum atomic E-state index is -0.216.